The van der Waals surface area contributed by atoms with Gasteiger partial charge in [-0.15, -0.1) is 0 Å². The van der Waals surface area contributed by atoms with Gasteiger partial charge in [0, 0.05) is 24.7 Å². The predicted molar refractivity (Wildman–Crippen MR) is 69.3 cm³/mol. The molecular formula is C13H20N2O2. The Morgan fingerprint density at radius 1 is 1.35 bits per heavy atom. The van der Waals surface area contributed by atoms with Crippen molar-refractivity contribution in [3.05, 3.63) is 24.3 Å². The number of carbonyl (C=O) groups excluding carboxylic acids is 1. The molecule has 0 bridgehead atoms. The summed E-state index contributed by atoms with van der Waals surface area (Å²) >= 11 is 0. The largest absolute Gasteiger partial charge is 0.497 e. The van der Waals surface area contributed by atoms with Crippen LogP contribution < -0.4 is 15.4 Å². The Morgan fingerprint density at radius 3 is 2.35 bits per heavy atom. The van der Waals surface area contributed by atoms with E-state index in [-0.39, 0.29) is 5.91 Å². The average molecular weight is 236 g/mol. The van der Waals surface area contributed by atoms with E-state index in [1.54, 1.807) is 7.11 Å². The molecule has 0 aliphatic rings. The maximum atomic E-state index is 10.8. The molecule has 0 saturated heterocycles. The molecule has 2 N–H and O–H groups in total. The summed E-state index contributed by atoms with van der Waals surface area (Å²) in [7, 11) is 1.64. The highest BCUT2D eigenvalue weighted by Crippen LogP contribution is 2.21. The lowest BCUT2D eigenvalue weighted by Crippen LogP contribution is -2.33. The third-order valence-corrected chi connectivity index (χ3v) is 2.63. The van der Waals surface area contributed by atoms with Crippen LogP contribution in [-0.2, 0) is 4.79 Å². The SMILES string of the molecule is COc1ccc(N(CCC(N)=O)C(C)C)cc1. The number of amides is 1. The smallest absolute Gasteiger partial charge is 0.219 e. The molecule has 1 rings (SSSR count). The molecule has 1 amide bonds. The van der Waals surface area contributed by atoms with Gasteiger partial charge >= 0.3 is 0 Å². The zero-order valence-electron chi connectivity index (χ0n) is 10.6. The van der Waals surface area contributed by atoms with Crippen molar-refractivity contribution in [3.63, 3.8) is 0 Å². The molecule has 0 spiro atoms. The minimum absolute atomic E-state index is 0.274. The molecule has 0 aliphatic carbocycles. The van der Waals surface area contributed by atoms with Crippen LogP contribution in [0.4, 0.5) is 5.69 Å². The van der Waals surface area contributed by atoms with Gasteiger partial charge in [-0.05, 0) is 38.1 Å². The van der Waals surface area contributed by atoms with E-state index in [4.69, 9.17) is 10.5 Å². The van der Waals surface area contributed by atoms with Crippen LogP contribution in [0.2, 0.25) is 0 Å². The van der Waals surface area contributed by atoms with Gasteiger partial charge < -0.3 is 15.4 Å². The van der Waals surface area contributed by atoms with Crippen LogP contribution in [0.3, 0.4) is 0 Å². The summed E-state index contributed by atoms with van der Waals surface area (Å²) in [5.74, 6) is 0.552. The second-order valence-corrected chi connectivity index (χ2v) is 4.20. The van der Waals surface area contributed by atoms with Crippen LogP contribution in [0.25, 0.3) is 0 Å². The normalized spacial score (nSPS) is 10.4. The average Bonchev–Trinajstić information content (AvgIpc) is 2.29. The Morgan fingerprint density at radius 2 is 1.94 bits per heavy atom. The van der Waals surface area contributed by atoms with Crippen molar-refractivity contribution in [2.24, 2.45) is 5.73 Å². The molecule has 94 valence electrons. The number of benzene rings is 1. The quantitative estimate of drug-likeness (QED) is 0.819. The Bertz CT molecular complexity index is 360. The number of carbonyl (C=O) groups is 1. The first-order valence-electron chi connectivity index (χ1n) is 5.73. The van der Waals surface area contributed by atoms with Crippen LogP contribution >= 0.6 is 0 Å². The number of nitrogens with zero attached hydrogens (tertiary/aromatic N) is 1. The minimum Gasteiger partial charge on any atom is -0.497 e. The van der Waals surface area contributed by atoms with E-state index in [0.717, 1.165) is 11.4 Å². The molecule has 0 aliphatic heterocycles. The standard InChI is InChI=1S/C13H20N2O2/c1-10(2)15(9-8-13(14)16)11-4-6-12(17-3)7-5-11/h4-7,10H,8-9H2,1-3H3,(H2,14,16). The molecular weight excluding hydrogens is 216 g/mol. The van der Waals surface area contributed by atoms with E-state index in [9.17, 15) is 4.79 Å². The number of hydrogen-bond donors (Lipinski definition) is 1. The molecule has 4 nitrogen and oxygen atoms in total. The van der Waals surface area contributed by atoms with Gasteiger partial charge in [0.2, 0.25) is 5.91 Å². The van der Waals surface area contributed by atoms with Crippen LogP contribution in [0.5, 0.6) is 5.75 Å². The van der Waals surface area contributed by atoms with Crippen molar-refractivity contribution < 1.29 is 9.53 Å². The van der Waals surface area contributed by atoms with Crippen molar-refractivity contribution in [3.8, 4) is 5.75 Å². The Balaban J connectivity index is 2.78. The van der Waals surface area contributed by atoms with Crippen molar-refractivity contribution >= 4 is 11.6 Å². The summed E-state index contributed by atoms with van der Waals surface area (Å²) in [6.07, 6.45) is 0.365. The number of anilines is 1. The fourth-order valence-corrected chi connectivity index (χ4v) is 1.69. The van der Waals surface area contributed by atoms with Crippen molar-refractivity contribution in [1.29, 1.82) is 0 Å². The van der Waals surface area contributed by atoms with Crippen molar-refractivity contribution in [1.82, 2.24) is 0 Å². The molecule has 0 radical (unpaired) electrons. The van der Waals surface area contributed by atoms with E-state index in [2.05, 4.69) is 18.7 Å². The second-order valence-electron chi connectivity index (χ2n) is 4.20. The first-order chi connectivity index (χ1) is 8.04. The van der Waals surface area contributed by atoms with Crippen molar-refractivity contribution in [2.45, 2.75) is 26.3 Å². The maximum absolute atomic E-state index is 10.8. The highest BCUT2D eigenvalue weighted by Gasteiger charge is 2.11. The Kier molecular flexibility index (Phi) is 4.82. The van der Waals surface area contributed by atoms with E-state index >= 15 is 0 Å². The van der Waals surface area contributed by atoms with Crippen LogP contribution in [-0.4, -0.2) is 25.6 Å². The molecule has 0 unspecified atom stereocenters. The third-order valence-electron chi connectivity index (χ3n) is 2.63. The summed E-state index contributed by atoms with van der Waals surface area (Å²) in [5, 5.41) is 0. The van der Waals surface area contributed by atoms with Gasteiger partial charge in [0.15, 0.2) is 0 Å². The fraction of sp³-hybridized carbons (Fsp3) is 0.462. The zero-order valence-corrected chi connectivity index (χ0v) is 10.6. The minimum atomic E-state index is -0.274. The maximum Gasteiger partial charge on any atom is 0.219 e. The summed E-state index contributed by atoms with van der Waals surface area (Å²) in [6, 6.07) is 8.12. The van der Waals surface area contributed by atoms with Gasteiger partial charge in [-0.2, -0.15) is 0 Å². The molecule has 4 heteroatoms. The fourth-order valence-electron chi connectivity index (χ4n) is 1.69. The lowest BCUT2D eigenvalue weighted by molar-refractivity contribution is -0.117. The number of nitrogens with two attached hydrogens (primary N) is 1. The molecule has 0 aromatic heterocycles. The van der Waals surface area contributed by atoms with Gasteiger partial charge in [0.1, 0.15) is 5.75 Å². The molecule has 0 atom stereocenters. The van der Waals surface area contributed by atoms with Crippen molar-refractivity contribution in [2.75, 3.05) is 18.6 Å². The van der Waals surface area contributed by atoms with Gasteiger partial charge in [0.25, 0.3) is 0 Å². The molecule has 1 aromatic rings. The highest BCUT2D eigenvalue weighted by molar-refractivity contribution is 5.74. The zero-order chi connectivity index (χ0) is 12.8. The Labute approximate surface area is 102 Å². The first kappa shape index (κ1) is 13.4. The van der Waals surface area contributed by atoms with Crippen LogP contribution in [0, 0.1) is 0 Å². The van der Waals surface area contributed by atoms with Crippen LogP contribution in [0.1, 0.15) is 20.3 Å². The second kappa shape index (κ2) is 6.13. The Hall–Kier alpha value is -1.71. The monoisotopic (exact) mass is 236 g/mol. The summed E-state index contributed by atoms with van der Waals surface area (Å²) in [5.41, 5.74) is 6.25. The number of hydrogen-bond acceptors (Lipinski definition) is 3. The summed E-state index contributed by atoms with van der Waals surface area (Å²) in [4.78, 5) is 13.0. The van der Waals surface area contributed by atoms with E-state index < -0.39 is 0 Å². The van der Waals surface area contributed by atoms with E-state index in [1.165, 1.54) is 0 Å². The van der Waals surface area contributed by atoms with Gasteiger partial charge in [-0.25, -0.2) is 0 Å². The highest BCUT2D eigenvalue weighted by atomic mass is 16.5. The first-order valence-corrected chi connectivity index (χ1v) is 5.73. The lowest BCUT2D eigenvalue weighted by Gasteiger charge is -2.28. The van der Waals surface area contributed by atoms with E-state index in [0.29, 0.717) is 19.0 Å². The number of ether oxygens (including phenoxy) is 1. The van der Waals surface area contributed by atoms with Gasteiger partial charge in [-0.3, -0.25) is 4.79 Å². The topological polar surface area (TPSA) is 55.6 Å². The molecule has 1 aromatic carbocycles. The number of primary amides is 1. The number of methoxy groups -OCH3 is 1. The molecule has 0 fully saturated rings. The molecule has 0 saturated carbocycles. The molecule has 17 heavy (non-hydrogen) atoms. The molecule has 0 heterocycles. The van der Waals surface area contributed by atoms with E-state index in [1.807, 2.05) is 24.3 Å². The third kappa shape index (κ3) is 3.98. The summed E-state index contributed by atoms with van der Waals surface area (Å²) < 4.78 is 5.11. The predicted octanol–water partition coefficient (Wildman–Crippen LogP) is 1.79. The van der Waals surface area contributed by atoms with Crippen LogP contribution in [0.15, 0.2) is 24.3 Å². The summed E-state index contributed by atoms with van der Waals surface area (Å²) in [6.45, 7) is 4.82. The van der Waals surface area contributed by atoms with Gasteiger partial charge in [0.05, 0.1) is 7.11 Å². The number of rotatable bonds is 6. The van der Waals surface area contributed by atoms with Gasteiger partial charge in [-0.1, -0.05) is 0 Å². The lowest BCUT2D eigenvalue weighted by atomic mass is 10.2.